The maximum absolute atomic E-state index is 12.8. The van der Waals surface area contributed by atoms with Gasteiger partial charge in [0.15, 0.2) is 5.76 Å². The fourth-order valence-corrected chi connectivity index (χ4v) is 3.56. The summed E-state index contributed by atoms with van der Waals surface area (Å²) in [5, 5.41) is 10.2. The number of nitrogens with zero attached hydrogens (tertiary/aromatic N) is 2. The Morgan fingerprint density at radius 1 is 1.13 bits per heavy atom. The molecule has 1 unspecified atom stereocenters. The number of carbonyl (C=O) groups excluding carboxylic acids is 2. The summed E-state index contributed by atoms with van der Waals surface area (Å²) in [6.07, 6.45) is 0.247. The van der Waals surface area contributed by atoms with Crippen LogP contribution in [0.3, 0.4) is 0 Å². The highest BCUT2D eigenvalue weighted by atomic mass is 16.5. The summed E-state index contributed by atoms with van der Waals surface area (Å²) < 4.78 is 12.8. The Hall–Kier alpha value is -3.39. The summed E-state index contributed by atoms with van der Waals surface area (Å²) in [6.45, 7) is 2.85. The third-order valence-electron chi connectivity index (χ3n) is 5.08. The second-order valence-corrected chi connectivity index (χ2v) is 7.32. The maximum atomic E-state index is 12.8. The van der Waals surface area contributed by atoms with Crippen LogP contribution in [-0.2, 0) is 31.4 Å². The van der Waals surface area contributed by atoms with Gasteiger partial charge in [0.1, 0.15) is 11.5 Å². The lowest BCUT2D eigenvalue weighted by Crippen LogP contribution is -2.37. The summed E-state index contributed by atoms with van der Waals surface area (Å²) >= 11 is 0. The molecule has 2 aromatic heterocycles. The first kappa shape index (κ1) is 19.9. The first-order valence-electron chi connectivity index (χ1n) is 9.84. The van der Waals surface area contributed by atoms with Crippen molar-refractivity contribution in [3.8, 4) is 0 Å². The summed E-state index contributed by atoms with van der Waals surface area (Å²) in [5.41, 5.74) is 3.18. The molecule has 0 spiro atoms. The summed E-state index contributed by atoms with van der Waals surface area (Å²) in [7, 11) is 1.76. The van der Waals surface area contributed by atoms with Crippen LogP contribution in [0.4, 0.5) is 0 Å². The van der Waals surface area contributed by atoms with E-state index >= 15 is 0 Å². The molecule has 30 heavy (non-hydrogen) atoms. The number of fused-ring (bicyclic) bond motifs is 1. The second kappa shape index (κ2) is 8.54. The van der Waals surface area contributed by atoms with Crippen molar-refractivity contribution in [2.24, 2.45) is 7.05 Å². The van der Waals surface area contributed by atoms with Crippen molar-refractivity contribution in [2.45, 2.75) is 32.6 Å². The third-order valence-corrected chi connectivity index (χ3v) is 5.08. The van der Waals surface area contributed by atoms with E-state index in [9.17, 15) is 9.59 Å². The molecular formula is C22H24N4O4. The van der Waals surface area contributed by atoms with Gasteiger partial charge >= 0.3 is 0 Å². The van der Waals surface area contributed by atoms with Crippen LogP contribution in [0.5, 0.6) is 0 Å². The van der Waals surface area contributed by atoms with Gasteiger partial charge in [0, 0.05) is 32.1 Å². The number of ether oxygens (including phenoxy) is 1. The van der Waals surface area contributed by atoms with E-state index in [2.05, 4.69) is 15.7 Å². The second-order valence-electron chi connectivity index (χ2n) is 7.32. The quantitative estimate of drug-likeness (QED) is 0.651. The molecule has 0 saturated carbocycles. The molecular weight excluding hydrogens is 384 g/mol. The first-order chi connectivity index (χ1) is 14.5. The van der Waals surface area contributed by atoms with Crippen LogP contribution in [0.15, 0.2) is 46.9 Å². The molecule has 1 aliphatic heterocycles. The fourth-order valence-electron chi connectivity index (χ4n) is 3.56. The zero-order valence-electron chi connectivity index (χ0n) is 17.0. The van der Waals surface area contributed by atoms with E-state index in [0.29, 0.717) is 37.6 Å². The molecule has 1 aromatic carbocycles. The summed E-state index contributed by atoms with van der Waals surface area (Å²) in [4.78, 5) is 25.0. The number of benzene rings is 1. The standard InChI is InChI=1S/C22H24N4O4/c1-14-8-9-19(30-14)21(27)24-12-16-10-17-18(13-29-16)25-26(2)20(17)22(28)23-11-15-6-4-3-5-7-15/h3-9,16H,10-13H2,1-2H3,(H,23,28)(H,24,27). The molecule has 1 atom stereocenters. The van der Waals surface area contributed by atoms with Crippen molar-refractivity contribution in [1.29, 1.82) is 0 Å². The molecule has 8 nitrogen and oxygen atoms in total. The number of amides is 2. The van der Waals surface area contributed by atoms with E-state index in [0.717, 1.165) is 16.8 Å². The molecule has 0 aliphatic carbocycles. The van der Waals surface area contributed by atoms with E-state index in [1.165, 1.54) is 0 Å². The Bertz CT molecular complexity index is 1050. The van der Waals surface area contributed by atoms with Crippen molar-refractivity contribution in [3.63, 3.8) is 0 Å². The molecule has 0 saturated heterocycles. The van der Waals surface area contributed by atoms with Gasteiger partial charge in [-0.3, -0.25) is 14.3 Å². The smallest absolute Gasteiger partial charge is 0.287 e. The Labute approximate surface area is 174 Å². The molecule has 3 aromatic rings. The zero-order chi connectivity index (χ0) is 21.1. The van der Waals surface area contributed by atoms with Gasteiger partial charge in [-0.15, -0.1) is 0 Å². The fraction of sp³-hybridized carbons (Fsp3) is 0.318. The van der Waals surface area contributed by atoms with Crippen molar-refractivity contribution in [1.82, 2.24) is 20.4 Å². The van der Waals surface area contributed by atoms with Gasteiger partial charge in [-0.1, -0.05) is 30.3 Å². The Morgan fingerprint density at radius 2 is 1.93 bits per heavy atom. The monoisotopic (exact) mass is 408 g/mol. The van der Waals surface area contributed by atoms with Crippen molar-refractivity contribution in [3.05, 3.63) is 76.5 Å². The number of aryl methyl sites for hydroxylation is 2. The van der Waals surface area contributed by atoms with E-state index in [4.69, 9.17) is 9.15 Å². The van der Waals surface area contributed by atoms with Crippen molar-refractivity contribution >= 4 is 11.8 Å². The molecule has 4 rings (SSSR count). The molecule has 0 fully saturated rings. The lowest BCUT2D eigenvalue weighted by atomic mass is 10.0. The first-order valence-corrected chi connectivity index (χ1v) is 9.84. The Balaban J connectivity index is 1.40. The van der Waals surface area contributed by atoms with E-state index < -0.39 is 0 Å². The minimum Gasteiger partial charge on any atom is -0.456 e. The third kappa shape index (κ3) is 4.28. The predicted molar refractivity (Wildman–Crippen MR) is 109 cm³/mol. The largest absolute Gasteiger partial charge is 0.456 e. The number of furan rings is 1. The van der Waals surface area contributed by atoms with Crippen molar-refractivity contribution in [2.75, 3.05) is 6.54 Å². The SMILES string of the molecule is Cc1ccc(C(=O)NCC2Cc3c(nn(C)c3C(=O)NCc3ccccc3)CO2)o1. The van der Waals surface area contributed by atoms with Crippen LogP contribution < -0.4 is 10.6 Å². The Morgan fingerprint density at radius 3 is 2.67 bits per heavy atom. The van der Waals surface area contributed by atoms with Gasteiger partial charge in [0.25, 0.3) is 11.8 Å². The van der Waals surface area contributed by atoms with Gasteiger partial charge in [-0.05, 0) is 24.6 Å². The van der Waals surface area contributed by atoms with Crippen LogP contribution in [-0.4, -0.2) is 34.2 Å². The van der Waals surface area contributed by atoms with Gasteiger partial charge in [-0.25, -0.2) is 0 Å². The van der Waals surface area contributed by atoms with Crippen LogP contribution in [0.25, 0.3) is 0 Å². The average Bonchev–Trinajstić information content (AvgIpc) is 3.33. The maximum Gasteiger partial charge on any atom is 0.287 e. The van der Waals surface area contributed by atoms with E-state index in [1.807, 2.05) is 30.3 Å². The zero-order valence-corrected chi connectivity index (χ0v) is 17.0. The lowest BCUT2D eigenvalue weighted by Gasteiger charge is -2.23. The molecule has 0 bridgehead atoms. The van der Waals surface area contributed by atoms with Gasteiger partial charge in [-0.2, -0.15) is 5.10 Å². The topological polar surface area (TPSA) is 98.4 Å². The number of rotatable bonds is 6. The van der Waals surface area contributed by atoms with Gasteiger partial charge < -0.3 is 19.8 Å². The Kier molecular flexibility index (Phi) is 5.67. The molecule has 0 radical (unpaired) electrons. The highest BCUT2D eigenvalue weighted by molar-refractivity contribution is 5.94. The van der Waals surface area contributed by atoms with Gasteiger partial charge in [0.2, 0.25) is 0 Å². The van der Waals surface area contributed by atoms with Crippen LogP contribution in [0.1, 0.15) is 43.6 Å². The highest BCUT2D eigenvalue weighted by Gasteiger charge is 2.29. The highest BCUT2D eigenvalue weighted by Crippen LogP contribution is 2.23. The number of hydrogen-bond acceptors (Lipinski definition) is 5. The molecule has 156 valence electrons. The number of aromatic nitrogens is 2. The molecule has 2 N–H and O–H groups in total. The van der Waals surface area contributed by atoms with E-state index in [1.54, 1.807) is 30.8 Å². The normalized spacial score (nSPS) is 15.5. The van der Waals surface area contributed by atoms with Crippen LogP contribution >= 0.6 is 0 Å². The van der Waals surface area contributed by atoms with E-state index in [-0.39, 0.29) is 23.7 Å². The lowest BCUT2D eigenvalue weighted by molar-refractivity contribution is 0.0263. The minimum absolute atomic E-state index is 0.175. The van der Waals surface area contributed by atoms with Crippen molar-refractivity contribution < 1.29 is 18.7 Å². The predicted octanol–water partition coefficient (Wildman–Crippen LogP) is 2.12. The number of carbonyl (C=O) groups is 2. The summed E-state index contributed by atoms with van der Waals surface area (Å²) in [5.74, 6) is 0.488. The van der Waals surface area contributed by atoms with Crippen LogP contribution in [0.2, 0.25) is 0 Å². The average molecular weight is 408 g/mol. The molecule has 8 heteroatoms. The van der Waals surface area contributed by atoms with Crippen LogP contribution in [0, 0.1) is 6.92 Å². The minimum atomic E-state index is -0.287. The number of hydrogen-bond donors (Lipinski definition) is 2. The number of nitrogens with one attached hydrogen (secondary N) is 2. The molecule has 1 aliphatic rings. The molecule has 2 amide bonds. The molecule has 3 heterocycles. The van der Waals surface area contributed by atoms with Gasteiger partial charge in [0.05, 0.1) is 18.4 Å². The summed E-state index contributed by atoms with van der Waals surface area (Å²) in [6, 6.07) is 13.1.